The lowest BCUT2D eigenvalue weighted by Gasteiger charge is -2.29. The molecule has 7 heteroatoms. The van der Waals surface area contributed by atoms with Crippen LogP contribution in [0.2, 0.25) is 0 Å². The topological polar surface area (TPSA) is 85.3 Å². The highest BCUT2D eigenvalue weighted by Gasteiger charge is 2.46. The lowest BCUT2D eigenvalue weighted by atomic mass is 9.92. The number of fused-ring (bicyclic) bond motifs is 1. The van der Waals surface area contributed by atoms with E-state index in [0.717, 1.165) is 6.42 Å². The average Bonchev–Trinajstić information content (AvgIpc) is 2.77. The smallest absolute Gasteiger partial charge is 0.309 e. The van der Waals surface area contributed by atoms with Crippen LogP contribution in [0.5, 0.6) is 11.5 Å². The molecular weight excluding hydrogens is 326 g/mol. The summed E-state index contributed by atoms with van der Waals surface area (Å²) in [5.41, 5.74) is 0.704. The van der Waals surface area contributed by atoms with Crippen LogP contribution in [0.1, 0.15) is 30.9 Å². The molecule has 1 fully saturated rings. The molecule has 0 aliphatic carbocycles. The molecule has 0 aromatic heterocycles. The molecule has 0 bridgehead atoms. The van der Waals surface area contributed by atoms with Crippen LogP contribution in [0.15, 0.2) is 18.2 Å². The molecule has 1 amide bonds. The van der Waals surface area contributed by atoms with Crippen LogP contribution in [0.4, 0.5) is 0 Å². The summed E-state index contributed by atoms with van der Waals surface area (Å²) in [5.74, 6) is -0.758. The molecule has 1 saturated heterocycles. The third-order valence-electron chi connectivity index (χ3n) is 4.62. The number of hydrogen-bond donors (Lipinski definition) is 1. The standard InChI is InChI=1S/C18H23NO6/c1-23-8-3-7-19-15(20)11-13(18(21)22)16(19)12-5-2-6-14-17(12)25-10-4-9-24-14/h2,5-6,13,16H,3-4,7-11H2,1H3,(H,21,22)/t13-,16-/m0/s1. The minimum Gasteiger partial charge on any atom is -0.490 e. The van der Waals surface area contributed by atoms with Crippen molar-refractivity contribution < 1.29 is 28.9 Å². The Kier molecular flexibility index (Phi) is 5.43. The number of hydrogen-bond acceptors (Lipinski definition) is 5. The van der Waals surface area contributed by atoms with Crippen LogP contribution in [0.25, 0.3) is 0 Å². The fourth-order valence-electron chi connectivity index (χ4n) is 3.49. The molecule has 7 nitrogen and oxygen atoms in total. The van der Waals surface area contributed by atoms with Gasteiger partial charge in [0, 0.05) is 38.7 Å². The fourth-order valence-corrected chi connectivity index (χ4v) is 3.49. The van der Waals surface area contributed by atoms with Crippen molar-refractivity contribution in [3.63, 3.8) is 0 Å². The van der Waals surface area contributed by atoms with E-state index in [2.05, 4.69) is 0 Å². The highest BCUT2D eigenvalue weighted by Crippen LogP contribution is 2.45. The first kappa shape index (κ1) is 17.5. The predicted octanol–water partition coefficient (Wildman–Crippen LogP) is 1.86. The van der Waals surface area contributed by atoms with Crippen molar-refractivity contribution in [1.82, 2.24) is 4.90 Å². The molecule has 1 aromatic carbocycles. The summed E-state index contributed by atoms with van der Waals surface area (Å²) < 4.78 is 16.6. The first-order valence-electron chi connectivity index (χ1n) is 8.53. The fraction of sp³-hybridized carbons (Fsp3) is 0.556. The normalized spacial score (nSPS) is 22.8. The number of carboxylic acid groups (broad SMARTS) is 1. The zero-order valence-corrected chi connectivity index (χ0v) is 14.3. The summed E-state index contributed by atoms with van der Waals surface area (Å²) in [7, 11) is 1.60. The van der Waals surface area contributed by atoms with E-state index in [9.17, 15) is 14.7 Å². The number of para-hydroxylation sites is 1. The Hall–Kier alpha value is -2.28. The van der Waals surface area contributed by atoms with E-state index in [0.29, 0.717) is 49.8 Å². The summed E-state index contributed by atoms with van der Waals surface area (Å²) in [6.45, 7) is 2.03. The maximum atomic E-state index is 12.5. The van der Waals surface area contributed by atoms with E-state index < -0.39 is 17.9 Å². The number of carbonyl (C=O) groups is 2. The molecule has 1 aromatic rings. The van der Waals surface area contributed by atoms with Crippen molar-refractivity contribution in [1.29, 1.82) is 0 Å². The molecule has 2 heterocycles. The molecule has 3 rings (SSSR count). The summed E-state index contributed by atoms with van der Waals surface area (Å²) in [6.07, 6.45) is 1.41. The molecule has 0 saturated carbocycles. The number of carbonyl (C=O) groups excluding carboxylic acids is 1. The van der Waals surface area contributed by atoms with Gasteiger partial charge in [0.2, 0.25) is 5.91 Å². The van der Waals surface area contributed by atoms with Crippen LogP contribution in [-0.4, -0.2) is 55.4 Å². The van der Waals surface area contributed by atoms with Gasteiger partial charge in [-0.25, -0.2) is 0 Å². The number of nitrogens with zero attached hydrogens (tertiary/aromatic N) is 1. The van der Waals surface area contributed by atoms with Gasteiger partial charge in [0.15, 0.2) is 11.5 Å². The maximum Gasteiger partial charge on any atom is 0.309 e. The number of methoxy groups -OCH3 is 1. The summed E-state index contributed by atoms with van der Waals surface area (Å²) in [5, 5.41) is 9.64. The number of carboxylic acids is 1. The first-order valence-corrected chi connectivity index (χ1v) is 8.53. The number of aliphatic carboxylic acids is 1. The Bertz CT molecular complexity index is 646. The zero-order chi connectivity index (χ0) is 17.8. The zero-order valence-electron chi connectivity index (χ0n) is 14.3. The third-order valence-corrected chi connectivity index (χ3v) is 4.62. The highest BCUT2D eigenvalue weighted by molar-refractivity contribution is 5.87. The van der Waals surface area contributed by atoms with Gasteiger partial charge in [-0.1, -0.05) is 12.1 Å². The van der Waals surface area contributed by atoms with Crippen molar-refractivity contribution in [3.8, 4) is 11.5 Å². The number of likely N-dealkylation sites (tertiary alicyclic amines) is 1. The molecule has 1 N–H and O–H groups in total. The van der Waals surface area contributed by atoms with E-state index in [-0.39, 0.29) is 12.3 Å². The summed E-state index contributed by atoms with van der Waals surface area (Å²) in [4.78, 5) is 25.9. The molecular formula is C18H23NO6. The number of amides is 1. The molecule has 2 aliphatic heterocycles. The van der Waals surface area contributed by atoms with Crippen LogP contribution in [0, 0.1) is 5.92 Å². The lowest BCUT2D eigenvalue weighted by Crippen LogP contribution is -2.32. The van der Waals surface area contributed by atoms with Crippen LogP contribution in [-0.2, 0) is 14.3 Å². The Morgan fingerprint density at radius 3 is 2.92 bits per heavy atom. The van der Waals surface area contributed by atoms with Crippen molar-refractivity contribution in [2.24, 2.45) is 5.92 Å². The Morgan fingerprint density at radius 2 is 2.16 bits per heavy atom. The van der Waals surface area contributed by atoms with Gasteiger partial charge in [0.05, 0.1) is 25.2 Å². The molecule has 0 spiro atoms. The summed E-state index contributed by atoms with van der Waals surface area (Å²) in [6, 6.07) is 4.90. The van der Waals surface area contributed by atoms with E-state index in [1.54, 1.807) is 12.0 Å². The monoisotopic (exact) mass is 349 g/mol. The van der Waals surface area contributed by atoms with Gasteiger partial charge >= 0.3 is 5.97 Å². The van der Waals surface area contributed by atoms with Gasteiger partial charge in [-0.15, -0.1) is 0 Å². The molecule has 136 valence electrons. The van der Waals surface area contributed by atoms with Gasteiger partial charge in [0.25, 0.3) is 0 Å². The van der Waals surface area contributed by atoms with E-state index >= 15 is 0 Å². The quantitative estimate of drug-likeness (QED) is 0.789. The largest absolute Gasteiger partial charge is 0.490 e. The second-order valence-corrected chi connectivity index (χ2v) is 6.25. The highest BCUT2D eigenvalue weighted by atomic mass is 16.5. The van der Waals surface area contributed by atoms with E-state index in [4.69, 9.17) is 14.2 Å². The lowest BCUT2D eigenvalue weighted by molar-refractivity contribution is -0.142. The van der Waals surface area contributed by atoms with Crippen molar-refractivity contribution >= 4 is 11.9 Å². The first-order chi connectivity index (χ1) is 12.1. The SMILES string of the molecule is COCCCN1C(=O)C[C@H](C(=O)O)[C@@H]1c1cccc2c1OCCCO2. The van der Waals surface area contributed by atoms with Crippen molar-refractivity contribution in [3.05, 3.63) is 23.8 Å². The van der Waals surface area contributed by atoms with Crippen LogP contribution >= 0.6 is 0 Å². The van der Waals surface area contributed by atoms with Crippen molar-refractivity contribution in [2.45, 2.75) is 25.3 Å². The maximum absolute atomic E-state index is 12.5. The van der Waals surface area contributed by atoms with Gasteiger partial charge in [-0.2, -0.15) is 0 Å². The molecule has 25 heavy (non-hydrogen) atoms. The van der Waals surface area contributed by atoms with Gasteiger partial charge in [0.1, 0.15) is 0 Å². The van der Waals surface area contributed by atoms with Gasteiger partial charge < -0.3 is 24.2 Å². The second-order valence-electron chi connectivity index (χ2n) is 6.25. The Labute approximate surface area is 146 Å². The Morgan fingerprint density at radius 1 is 1.36 bits per heavy atom. The molecule has 2 aliphatic rings. The second kappa shape index (κ2) is 7.74. The molecule has 2 atom stereocenters. The van der Waals surface area contributed by atoms with Gasteiger partial charge in [-0.05, 0) is 12.5 Å². The third kappa shape index (κ3) is 3.56. The Balaban J connectivity index is 1.98. The van der Waals surface area contributed by atoms with E-state index in [1.165, 1.54) is 0 Å². The van der Waals surface area contributed by atoms with Crippen molar-refractivity contribution in [2.75, 3.05) is 33.5 Å². The predicted molar refractivity (Wildman–Crippen MR) is 88.7 cm³/mol. The van der Waals surface area contributed by atoms with Crippen LogP contribution in [0.3, 0.4) is 0 Å². The van der Waals surface area contributed by atoms with E-state index in [1.807, 2.05) is 18.2 Å². The molecule has 0 radical (unpaired) electrons. The summed E-state index contributed by atoms with van der Waals surface area (Å²) >= 11 is 0. The minimum atomic E-state index is -0.972. The number of benzene rings is 1. The minimum absolute atomic E-state index is 0.00247. The number of rotatable bonds is 6. The van der Waals surface area contributed by atoms with Gasteiger partial charge in [-0.3, -0.25) is 9.59 Å². The average molecular weight is 349 g/mol. The molecule has 0 unspecified atom stereocenters. The number of ether oxygens (including phenoxy) is 3. The van der Waals surface area contributed by atoms with Crippen LogP contribution < -0.4 is 9.47 Å².